The molecule has 3 N–H and O–H groups in total. The molecule has 1 saturated heterocycles. The molecule has 0 spiro atoms. The normalized spacial score (nSPS) is 14.7. The number of hydrogen-bond acceptors (Lipinski definition) is 4. The fourth-order valence-electron chi connectivity index (χ4n) is 3.10. The van der Waals surface area contributed by atoms with E-state index in [-0.39, 0.29) is 5.91 Å². The Morgan fingerprint density at radius 1 is 1.21 bits per heavy atom. The van der Waals surface area contributed by atoms with Crippen molar-refractivity contribution < 1.29 is 4.79 Å². The number of rotatable bonds is 6. The molecule has 2 heterocycles. The van der Waals surface area contributed by atoms with Gasteiger partial charge < -0.3 is 16.0 Å². The van der Waals surface area contributed by atoms with E-state index >= 15 is 0 Å². The van der Waals surface area contributed by atoms with Crippen molar-refractivity contribution in [2.24, 2.45) is 5.73 Å². The average Bonchev–Trinajstić information content (AvgIpc) is 3.15. The number of nitrogens with zero attached hydrogens (tertiary/aromatic N) is 2. The maximum absolute atomic E-state index is 12.6. The zero-order chi connectivity index (χ0) is 16.8. The van der Waals surface area contributed by atoms with Crippen molar-refractivity contribution in [3.05, 3.63) is 53.9 Å². The van der Waals surface area contributed by atoms with Crippen molar-refractivity contribution in [1.82, 2.24) is 15.2 Å². The van der Waals surface area contributed by atoms with Crippen molar-refractivity contribution in [1.29, 1.82) is 0 Å². The zero-order valence-electron chi connectivity index (χ0n) is 13.9. The lowest BCUT2D eigenvalue weighted by Crippen LogP contribution is -2.34. The Morgan fingerprint density at radius 2 is 2.04 bits per heavy atom. The summed E-state index contributed by atoms with van der Waals surface area (Å²) < 4.78 is 0. The van der Waals surface area contributed by atoms with E-state index in [1.165, 1.54) is 12.8 Å². The Hall–Kier alpha value is -2.24. The van der Waals surface area contributed by atoms with E-state index in [9.17, 15) is 4.79 Å². The molecule has 5 nitrogen and oxygen atoms in total. The number of likely N-dealkylation sites (tertiary alicyclic amines) is 1. The molecule has 24 heavy (non-hydrogen) atoms. The summed E-state index contributed by atoms with van der Waals surface area (Å²) in [4.78, 5) is 19.2. The molecule has 5 heteroatoms. The van der Waals surface area contributed by atoms with Gasteiger partial charge in [0.1, 0.15) is 5.69 Å². The van der Waals surface area contributed by atoms with Crippen LogP contribution in [0.5, 0.6) is 0 Å². The first-order chi connectivity index (χ1) is 11.8. The molecule has 0 aliphatic carbocycles. The van der Waals surface area contributed by atoms with Gasteiger partial charge in [0, 0.05) is 31.4 Å². The SMILES string of the molecule is NCc1cccc(-c2cccnc2C(=O)NCCN2CCCC2)c1. The van der Waals surface area contributed by atoms with Gasteiger partial charge in [0.05, 0.1) is 0 Å². The van der Waals surface area contributed by atoms with Crippen LogP contribution in [0.3, 0.4) is 0 Å². The van der Waals surface area contributed by atoms with Gasteiger partial charge in [-0.1, -0.05) is 24.3 Å². The lowest BCUT2D eigenvalue weighted by molar-refractivity contribution is 0.0945. The van der Waals surface area contributed by atoms with Gasteiger partial charge in [0.2, 0.25) is 0 Å². The Kier molecular flexibility index (Phi) is 5.56. The summed E-state index contributed by atoms with van der Waals surface area (Å²) in [5, 5.41) is 3.00. The van der Waals surface area contributed by atoms with Gasteiger partial charge in [-0.25, -0.2) is 0 Å². The first kappa shape index (κ1) is 16.6. The molecule has 0 atom stereocenters. The van der Waals surface area contributed by atoms with Crippen molar-refractivity contribution in [2.45, 2.75) is 19.4 Å². The van der Waals surface area contributed by atoms with Crippen molar-refractivity contribution in [2.75, 3.05) is 26.2 Å². The van der Waals surface area contributed by atoms with E-state index in [2.05, 4.69) is 15.2 Å². The Morgan fingerprint density at radius 3 is 2.83 bits per heavy atom. The maximum atomic E-state index is 12.6. The quantitative estimate of drug-likeness (QED) is 0.853. The average molecular weight is 324 g/mol. The highest BCUT2D eigenvalue weighted by Gasteiger charge is 2.15. The van der Waals surface area contributed by atoms with Gasteiger partial charge in [-0.15, -0.1) is 0 Å². The molecule has 0 radical (unpaired) electrons. The third-order valence-corrected chi connectivity index (χ3v) is 4.41. The van der Waals surface area contributed by atoms with Gasteiger partial charge >= 0.3 is 0 Å². The molecule has 2 aromatic rings. The summed E-state index contributed by atoms with van der Waals surface area (Å²) >= 11 is 0. The number of carbonyl (C=O) groups is 1. The van der Waals surface area contributed by atoms with Crippen LogP contribution < -0.4 is 11.1 Å². The number of amides is 1. The molecule has 126 valence electrons. The van der Waals surface area contributed by atoms with Crippen LogP contribution in [-0.2, 0) is 6.54 Å². The van der Waals surface area contributed by atoms with Crippen LogP contribution in [-0.4, -0.2) is 42.0 Å². The molecule has 0 unspecified atom stereocenters. The van der Waals surface area contributed by atoms with Gasteiger partial charge in [-0.2, -0.15) is 0 Å². The van der Waals surface area contributed by atoms with Crippen LogP contribution in [0.2, 0.25) is 0 Å². The van der Waals surface area contributed by atoms with Crippen molar-refractivity contribution in [3.63, 3.8) is 0 Å². The fourth-order valence-corrected chi connectivity index (χ4v) is 3.10. The standard InChI is InChI=1S/C19H24N4O/c20-14-15-5-3-6-16(13-15)17-7-4-8-21-18(17)19(24)22-9-12-23-10-1-2-11-23/h3-8,13H,1-2,9-12,14,20H2,(H,22,24). The van der Waals surface area contributed by atoms with E-state index in [4.69, 9.17) is 5.73 Å². The fraction of sp³-hybridized carbons (Fsp3) is 0.368. The molecule has 1 amide bonds. The van der Waals surface area contributed by atoms with Crippen LogP contribution in [0.1, 0.15) is 28.9 Å². The number of nitrogens with two attached hydrogens (primary N) is 1. The first-order valence-electron chi connectivity index (χ1n) is 8.53. The number of pyridine rings is 1. The molecular formula is C19H24N4O. The Bertz CT molecular complexity index is 695. The molecule has 1 fully saturated rings. The smallest absolute Gasteiger partial charge is 0.270 e. The summed E-state index contributed by atoms with van der Waals surface area (Å²) in [5.41, 5.74) is 9.03. The zero-order valence-corrected chi connectivity index (χ0v) is 13.9. The summed E-state index contributed by atoms with van der Waals surface area (Å²) in [6.07, 6.45) is 4.18. The molecule has 1 aliphatic heterocycles. The topological polar surface area (TPSA) is 71.2 Å². The highest BCUT2D eigenvalue weighted by atomic mass is 16.1. The summed E-state index contributed by atoms with van der Waals surface area (Å²) in [6.45, 7) is 4.30. The second-order valence-electron chi connectivity index (χ2n) is 6.11. The minimum absolute atomic E-state index is 0.122. The maximum Gasteiger partial charge on any atom is 0.270 e. The van der Waals surface area contributed by atoms with Crippen LogP contribution in [0.25, 0.3) is 11.1 Å². The Balaban J connectivity index is 1.71. The number of hydrogen-bond donors (Lipinski definition) is 2. The van der Waals surface area contributed by atoms with Crippen LogP contribution in [0.15, 0.2) is 42.6 Å². The summed E-state index contributed by atoms with van der Waals surface area (Å²) in [7, 11) is 0. The van der Waals surface area contributed by atoms with E-state index < -0.39 is 0 Å². The second kappa shape index (κ2) is 8.04. The Labute approximate surface area is 142 Å². The molecular weight excluding hydrogens is 300 g/mol. The lowest BCUT2D eigenvalue weighted by Gasteiger charge is -2.15. The highest BCUT2D eigenvalue weighted by Crippen LogP contribution is 2.23. The number of aromatic nitrogens is 1. The highest BCUT2D eigenvalue weighted by molar-refractivity contribution is 5.98. The van der Waals surface area contributed by atoms with E-state index in [1.807, 2.05) is 36.4 Å². The summed E-state index contributed by atoms with van der Waals surface area (Å²) in [5.74, 6) is -0.122. The van der Waals surface area contributed by atoms with Gasteiger partial charge in [-0.3, -0.25) is 9.78 Å². The monoisotopic (exact) mass is 324 g/mol. The molecule has 1 aliphatic rings. The predicted molar refractivity (Wildman–Crippen MR) is 95.6 cm³/mol. The summed E-state index contributed by atoms with van der Waals surface area (Å²) in [6, 6.07) is 11.7. The molecule has 0 bridgehead atoms. The van der Waals surface area contributed by atoms with Gasteiger partial charge in [0.15, 0.2) is 0 Å². The second-order valence-corrected chi connectivity index (χ2v) is 6.11. The number of benzene rings is 1. The molecule has 1 aromatic carbocycles. The third kappa shape index (κ3) is 3.99. The van der Waals surface area contributed by atoms with Crippen molar-refractivity contribution in [3.8, 4) is 11.1 Å². The largest absolute Gasteiger partial charge is 0.349 e. The van der Waals surface area contributed by atoms with E-state index in [0.717, 1.165) is 36.3 Å². The van der Waals surface area contributed by atoms with Gasteiger partial charge in [-0.05, 0) is 49.2 Å². The predicted octanol–water partition coefficient (Wildman–Crippen LogP) is 2.03. The van der Waals surface area contributed by atoms with Crippen LogP contribution >= 0.6 is 0 Å². The molecule has 3 rings (SSSR count). The van der Waals surface area contributed by atoms with Crippen LogP contribution in [0.4, 0.5) is 0 Å². The first-order valence-corrected chi connectivity index (χ1v) is 8.53. The third-order valence-electron chi connectivity index (χ3n) is 4.41. The number of nitrogens with one attached hydrogen (secondary N) is 1. The minimum Gasteiger partial charge on any atom is -0.349 e. The number of carbonyl (C=O) groups excluding carboxylic acids is 1. The van der Waals surface area contributed by atoms with Crippen LogP contribution in [0, 0.1) is 0 Å². The lowest BCUT2D eigenvalue weighted by atomic mass is 10.0. The van der Waals surface area contributed by atoms with E-state index in [0.29, 0.717) is 18.8 Å². The molecule has 0 saturated carbocycles. The van der Waals surface area contributed by atoms with Crippen molar-refractivity contribution >= 4 is 5.91 Å². The molecule has 1 aromatic heterocycles. The minimum atomic E-state index is -0.122. The van der Waals surface area contributed by atoms with Gasteiger partial charge in [0.25, 0.3) is 5.91 Å². The van der Waals surface area contributed by atoms with E-state index in [1.54, 1.807) is 6.20 Å².